The van der Waals surface area contributed by atoms with Crippen molar-refractivity contribution < 1.29 is 14.3 Å². The fraction of sp³-hybridized carbons (Fsp3) is 0.143. The molecule has 0 bridgehead atoms. The molecule has 0 radical (unpaired) electrons. The molecule has 0 aliphatic rings. The van der Waals surface area contributed by atoms with Gasteiger partial charge in [-0.1, -0.05) is 47.5 Å². The number of ether oxygens (including phenoxy) is 1. The van der Waals surface area contributed by atoms with Gasteiger partial charge in [0.1, 0.15) is 0 Å². The van der Waals surface area contributed by atoms with Crippen LogP contribution in [0.4, 0.5) is 0 Å². The second kappa shape index (κ2) is 9.44. The third kappa shape index (κ3) is 5.38. The van der Waals surface area contributed by atoms with Crippen molar-refractivity contribution in [2.75, 3.05) is 13.2 Å². The Labute approximate surface area is 172 Å². The number of hydrogen-bond acceptors (Lipinski definition) is 3. The maximum atomic E-state index is 11.8. The van der Waals surface area contributed by atoms with E-state index in [1.807, 2.05) is 30.5 Å². The molecule has 0 unspecified atom stereocenters. The zero-order chi connectivity index (χ0) is 19.9. The molecule has 3 aromatic rings. The van der Waals surface area contributed by atoms with Gasteiger partial charge in [-0.15, -0.1) is 0 Å². The largest absolute Gasteiger partial charge is 0.452 e. The average molecular weight is 417 g/mol. The van der Waals surface area contributed by atoms with E-state index in [0.29, 0.717) is 28.6 Å². The van der Waals surface area contributed by atoms with Crippen molar-refractivity contribution in [3.8, 4) is 0 Å². The smallest absolute Gasteiger partial charge is 0.331 e. The fourth-order valence-electron chi connectivity index (χ4n) is 2.69. The first-order valence-electron chi connectivity index (χ1n) is 8.64. The molecule has 0 saturated heterocycles. The Bertz CT molecular complexity index is 1030. The molecule has 28 heavy (non-hydrogen) atoms. The van der Waals surface area contributed by atoms with E-state index in [0.717, 1.165) is 16.5 Å². The topological polar surface area (TPSA) is 71.2 Å². The molecule has 0 spiro atoms. The first-order chi connectivity index (χ1) is 13.5. The zero-order valence-electron chi connectivity index (χ0n) is 14.9. The Morgan fingerprint density at radius 3 is 2.75 bits per heavy atom. The highest BCUT2D eigenvalue weighted by atomic mass is 35.5. The molecule has 0 atom stereocenters. The van der Waals surface area contributed by atoms with Gasteiger partial charge in [-0.05, 0) is 41.8 Å². The van der Waals surface area contributed by atoms with Gasteiger partial charge in [-0.25, -0.2) is 4.79 Å². The molecule has 2 N–H and O–H groups in total. The highest BCUT2D eigenvalue weighted by Gasteiger charge is 2.07. The van der Waals surface area contributed by atoms with E-state index in [9.17, 15) is 9.59 Å². The van der Waals surface area contributed by atoms with Crippen molar-refractivity contribution in [3.05, 3.63) is 75.9 Å². The predicted molar refractivity (Wildman–Crippen MR) is 111 cm³/mol. The minimum Gasteiger partial charge on any atom is -0.452 e. The molecule has 0 aliphatic carbocycles. The second-order valence-corrected chi connectivity index (χ2v) is 6.89. The number of para-hydroxylation sites is 1. The van der Waals surface area contributed by atoms with Crippen molar-refractivity contribution in [3.63, 3.8) is 0 Å². The Kier molecular flexibility index (Phi) is 6.74. The first-order valence-corrected chi connectivity index (χ1v) is 9.40. The highest BCUT2D eigenvalue weighted by molar-refractivity contribution is 6.42. The van der Waals surface area contributed by atoms with Crippen LogP contribution in [0.25, 0.3) is 17.0 Å². The van der Waals surface area contributed by atoms with Crippen molar-refractivity contribution in [2.45, 2.75) is 6.42 Å². The summed E-state index contributed by atoms with van der Waals surface area (Å²) in [5.41, 5.74) is 2.89. The number of aromatic amines is 1. The van der Waals surface area contributed by atoms with E-state index in [-0.39, 0.29) is 12.5 Å². The molecule has 2 aromatic carbocycles. The quantitative estimate of drug-likeness (QED) is 0.443. The van der Waals surface area contributed by atoms with Crippen molar-refractivity contribution in [1.29, 1.82) is 0 Å². The maximum absolute atomic E-state index is 11.8. The van der Waals surface area contributed by atoms with Crippen LogP contribution in [0.5, 0.6) is 0 Å². The van der Waals surface area contributed by atoms with Crippen molar-refractivity contribution >= 4 is 52.1 Å². The summed E-state index contributed by atoms with van der Waals surface area (Å²) in [5, 5.41) is 4.71. The summed E-state index contributed by atoms with van der Waals surface area (Å²) in [6.45, 7) is 0.121. The van der Waals surface area contributed by atoms with Gasteiger partial charge in [-0.2, -0.15) is 0 Å². The maximum Gasteiger partial charge on any atom is 0.331 e. The molecule has 0 aliphatic heterocycles. The summed E-state index contributed by atoms with van der Waals surface area (Å²) in [7, 11) is 0. The minimum atomic E-state index is -0.613. The average Bonchev–Trinajstić information content (AvgIpc) is 3.10. The molecule has 3 rings (SSSR count). The standard InChI is InChI=1S/C21H18Cl2N2O3/c22-17-7-5-14(11-18(17)23)6-8-21(27)28-13-20(26)24-10-9-15-12-25-19-4-2-1-3-16(15)19/h1-8,11-12,25H,9-10,13H2,(H,24,26)/b8-6+. The molecule has 0 fully saturated rings. The third-order valence-electron chi connectivity index (χ3n) is 4.09. The summed E-state index contributed by atoms with van der Waals surface area (Å²) < 4.78 is 4.93. The number of esters is 1. The van der Waals surface area contributed by atoms with E-state index >= 15 is 0 Å². The molecule has 1 amide bonds. The van der Waals surface area contributed by atoms with Crippen LogP contribution in [-0.2, 0) is 20.7 Å². The number of carbonyl (C=O) groups is 2. The first kappa shape index (κ1) is 20.0. The number of benzene rings is 2. The van der Waals surface area contributed by atoms with Crippen LogP contribution in [0.3, 0.4) is 0 Å². The van der Waals surface area contributed by atoms with Crippen LogP contribution in [0.1, 0.15) is 11.1 Å². The van der Waals surface area contributed by atoms with Gasteiger partial charge in [0.2, 0.25) is 0 Å². The lowest BCUT2D eigenvalue weighted by molar-refractivity contribution is -0.143. The Morgan fingerprint density at radius 1 is 1.11 bits per heavy atom. The molecule has 1 heterocycles. The Balaban J connectivity index is 1.40. The van der Waals surface area contributed by atoms with Crippen LogP contribution in [0, 0.1) is 0 Å². The van der Waals surface area contributed by atoms with Gasteiger partial charge in [0, 0.05) is 29.7 Å². The van der Waals surface area contributed by atoms with Gasteiger partial charge in [-0.3, -0.25) is 4.79 Å². The van der Waals surface area contributed by atoms with Gasteiger partial charge in [0.25, 0.3) is 5.91 Å². The number of carbonyl (C=O) groups excluding carboxylic acids is 2. The van der Waals surface area contributed by atoms with Crippen LogP contribution in [-0.4, -0.2) is 30.0 Å². The predicted octanol–water partition coefficient (Wildman–Crippen LogP) is 4.39. The summed E-state index contributed by atoms with van der Waals surface area (Å²) in [6, 6.07) is 13.0. The monoisotopic (exact) mass is 416 g/mol. The second-order valence-electron chi connectivity index (χ2n) is 6.07. The molecule has 144 valence electrons. The van der Waals surface area contributed by atoms with Gasteiger partial charge in [0.05, 0.1) is 10.0 Å². The van der Waals surface area contributed by atoms with E-state index in [4.69, 9.17) is 27.9 Å². The van der Waals surface area contributed by atoms with Crippen LogP contribution in [0.2, 0.25) is 10.0 Å². The van der Waals surface area contributed by atoms with E-state index in [1.54, 1.807) is 24.3 Å². The summed E-state index contributed by atoms with van der Waals surface area (Å²) in [6.07, 6.45) is 5.39. The summed E-state index contributed by atoms with van der Waals surface area (Å²) in [5.74, 6) is -0.964. The number of amides is 1. The lowest BCUT2D eigenvalue weighted by atomic mass is 10.1. The third-order valence-corrected chi connectivity index (χ3v) is 4.83. The molecule has 5 nitrogen and oxygen atoms in total. The van der Waals surface area contributed by atoms with Crippen LogP contribution >= 0.6 is 23.2 Å². The van der Waals surface area contributed by atoms with E-state index in [2.05, 4.69) is 10.3 Å². The number of aromatic nitrogens is 1. The molecule has 7 heteroatoms. The van der Waals surface area contributed by atoms with Gasteiger partial charge < -0.3 is 15.0 Å². The van der Waals surface area contributed by atoms with Gasteiger partial charge >= 0.3 is 5.97 Å². The zero-order valence-corrected chi connectivity index (χ0v) is 16.4. The Hall–Kier alpha value is -2.76. The fourth-order valence-corrected chi connectivity index (χ4v) is 3.00. The van der Waals surface area contributed by atoms with E-state index < -0.39 is 5.97 Å². The molecule has 1 aromatic heterocycles. The van der Waals surface area contributed by atoms with Crippen LogP contribution in [0.15, 0.2) is 54.7 Å². The molecular weight excluding hydrogens is 399 g/mol. The number of halogens is 2. The van der Waals surface area contributed by atoms with Crippen molar-refractivity contribution in [2.24, 2.45) is 0 Å². The lowest BCUT2D eigenvalue weighted by Gasteiger charge is -2.05. The van der Waals surface area contributed by atoms with Crippen molar-refractivity contribution in [1.82, 2.24) is 10.3 Å². The minimum absolute atomic E-state index is 0.335. The highest BCUT2D eigenvalue weighted by Crippen LogP contribution is 2.23. The van der Waals surface area contributed by atoms with Gasteiger partial charge in [0.15, 0.2) is 6.61 Å². The molecular formula is C21H18Cl2N2O3. The number of hydrogen-bond donors (Lipinski definition) is 2. The summed E-state index contributed by atoms with van der Waals surface area (Å²) >= 11 is 11.7. The normalized spacial score (nSPS) is 11.1. The molecule has 0 saturated carbocycles. The Morgan fingerprint density at radius 2 is 1.93 bits per heavy atom. The van der Waals surface area contributed by atoms with Crippen LogP contribution < -0.4 is 5.32 Å². The number of rotatable bonds is 7. The number of fused-ring (bicyclic) bond motifs is 1. The number of H-pyrrole nitrogens is 1. The lowest BCUT2D eigenvalue weighted by Crippen LogP contribution is -2.30. The summed E-state index contributed by atoms with van der Waals surface area (Å²) in [4.78, 5) is 26.8. The van der Waals surface area contributed by atoms with E-state index in [1.165, 1.54) is 6.08 Å². The number of nitrogens with one attached hydrogen (secondary N) is 2. The SMILES string of the molecule is O=C(COC(=O)/C=C/c1ccc(Cl)c(Cl)c1)NCCc1c[nH]c2ccccc12.